The number of nitrogens with one attached hydrogen (secondary N) is 1. The molecule has 1 N–H and O–H groups in total. The van der Waals surface area contributed by atoms with Gasteiger partial charge in [-0.3, -0.25) is 10.1 Å². The summed E-state index contributed by atoms with van der Waals surface area (Å²) in [7, 11) is 0. The zero-order valence-electron chi connectivity index (χ0n) is 18.3. The summed E-state index contributed by atoms with van der Waals surface area (Å²) in [5.74, 6) is 1.27. The van der Waals surface area contributed by atoms with Gasteiger partial charge < -0.3 is 9.47 Å². The van der Waals surface area contributed by atoms with Gasteiger partial charge in [0.05, 0.1) is 16.8 Å². The van der Waals surface area contributed by atoms with Gasteiger partial charge in [0.2, 0.25) is 0 Å². The van der Waals surface area contributed by atoms with Gasteiger partial charge in [0.25, 0.3) is 5.91 Å². The van der Waals surface area contributed by atoms with E-state index >= 15 is 0 Å². The van der Waals surface area contributed by atoms with Crippen molar-refractivity contribution in [3.8, 4) is 11.5 Å². The molecule has 1 amide bonds. The number of carbonyl (C=O) groups excluding carboxylic acids is 1. The summed E-state index contributed by atoms with van der Waals surface area (Å²) < 4.78 is 12.5. The third-order valence-corrected chi connectivity index (χ3v) is 5.69. The first-order valence-corrected chi connectivity index (χ1v) is 11.2. The Labute approximate surface area is 182 Å². The number of thiazole rings is 1. The third kappa shape index (κ3) is 5.72. The summed E-state index contributed by atoms with van der Waals surface area (Å²) in [6, 6.07) is 13.7. The lowest BCUT2D eigenvalue weighted by Gasteiger charge is -2.20. The number of rotatable bonds is 8. The molecule has 3 rings (SSSR count). The number of ether oxygens (including phenoxy) is 2. The molecule has 0 aliphatic heterocycles. The van der Waals surface area contributed by atoms with Gasteiger partial charge in [-0.1, -0.05) is 57.6 Å². The van der Waals surface area contributed by atoms with Crippen LogP contribution >= 0.6 is 11.3 Å². The SMILES string of the molecule is CCCCOc1ccc2nc(NC(=O)C(C)Oc3ccc(C(C)(C)C)cc3)sc2c1. The van der Waals surface area contributed by atoms with Crippen LogP contribution in [0.15, 0.2) is 42.5 Å². The number of anilines is 1. The number of hydrogen-bond donors (Lipinski definition) is 1. The highest BCUT2D eigenvalue weighted by atomic mass is 32.1. The molecule has 0 saturated heterocycles. The number of fused-ring (bicyclic) bond motifs is 1. The highest BCUT2D eigenvalue weighted by molar-refractivity contribution is 7.22. The highest BCUT2D eigenvalue weighted by Gasteiger charge is 2.18. The van der Waals surface area contributed by atoms with Crippen LogP contribution in [-0.4, -0.2) is 23.6 Å². The summed E-state index contributed by atoms with van der Waals surface area (Å²) in [4.78, 5) is 17.1. The van der Waals surface area contributed by atoms with Crippen molar-refractivity contribution in [1.29, 1.82) is 0 Å². The van der Waals surface area contributed by atoms with Gasteiger partial charge in [-0.2, -0.15) is 0 Å². The van der Waals surface area contributed by atoms with Crippen molar-refractivity contribution in [2.75, 3.05) is 11.9 Å². The van der Waals surface area contributed by atoms with E-state index in [4.69, 9.17) is 9.47 Å². The van der Waals surface area contributed by atoms with E-state index in [1.54, 1.807) is 6.92 Å². The van der Waals surface area contributed by atoms with Crippen LogP contribution in [0.25, 0.3) is 10.2 Å². The van der Waals surface area contributed by atoms with Gasteiger partial charge >= 0.3 is 0 Å². The summed E-state index contributed by atoms with van der Waals surface area (Å²) in [5.41, 5.74) is 2.14. The minimum absolute atomic E-state index is 0.0786. The fourth-order valence-electron chi connectivity index (χ4n) is 2.88. The molecule has 6 heteroatoms. The van der Waals surface area contributed by atoms with E-state index in [1.165, 1.54) is 16.9 Å². The number of benzene rings is 2. The first kappa shape index (κ1) is 22.1. The van der Waals surface area contributed by atoms with Gasteiger partial charge in [0.15, 0.2) is 11.2 Å². The molecule has 0 spiro atoms. The number of unbranched alkanes of at least 4 members (excludes halogenated alkanes) is 1. The lowest BCUT2D eigenvalue weighted by Crippen LogP contribution is -2.30. The fourth-order valence-corrected chi connectivity index (χ4v) is 3.78. The van der Waals surface area contributed by atoms with Crippen molar-refractivity contribution in [1.82, 2.24) is 4.98 Å². The van der Waals surface area contributed by atoms with Crippen LogP contribution in [0.3, 0.4) is 0 Å². The molecule has 3 aromatic rings. The van der Waals surface area contributed by atoms with Crippen LogP contribution in [0, 0.1) is 0 Å². The Balaban J connectivity index is 1.61. The Morgan fingerprint density at radius 3 is 2.50 bits per heavy atom. The maximum atomic E-state index is 12.6. The zero-order chi connectivity index (χ0) is 21.7. The van der Waals surface area contributed by atoms with E-state index in [9.17, 15) is 4.79 Å². The summed E-state index contributed by atoms with van der Waals surface area (Å²) >= 11 is 1.43. The molecule has 1 atom stereocenters. The van der Waals surface area contributed by atoms with Crippen molar-refractivity contribution in [2.24, 2.45) is 0 Å². The fraction of sp³-hybridized carbons (Fsp3) is 0.417. The molecule has 1 aromatic heterocycles. The second-order valence-electron chi connectivity index (χ2n) is 8.37. The number of aromatic nitrogens is 1. The number of nitrogens with zero attached hydrogens (tertiary/aromatic N) is 1. The van der Waals surface area contributed by atoms with Crippen LogP contribution in [0.4, 0.5) is 5.13 Å². The molecule has 1 heterocycles. The van der Waals surface area contributed by atoms with Crippen molar-refractivity contribution >= 4 is 32.6 Å². The van der Waals surface area contributed by atoms with Gasteiger partial charge in [0.1, 0.15) is 11.5 Å². The van der Waals surface area contributed by atoms with E-state index < -0.39 is 6.10 Å². The predicted molar refractivity (Wildman–Crippen MR) is 124 cm³/mol. The van der Waals surface area contributed by atoms with Crippen LogP contribution < -0.4 is 14.8 Å². The highest BCUT2D eigenvalue weighted by Crippen LogP contribution is 2.30. The molecular weight excluding hydrogens is 396 g/mol. The molecular formula is C24H30N2O3S. The maximum Gasteiger partial charge on any atom is 0.266 e. The van der Waals surface area contributed by atoms with Gasteiger partial charge in [-0.15, -0.1) is 0 Å². The quantitative estimate of drug-likeness (QED) is 0.437. The minimum atomic E-state index is -0.634. The van der Waals surface area contributed by atoms with E-state index in [-0.39, 0.29) is 11.3 Å². The molecule has 0 aliphatic rings. The van der Waals surface area contributed by atoms with Crippen LogP contribution in [-0.2, 0) is 10.2 Å². The molecule has 5 nitrogen and oxygen atoms in total. The first-order chi connectivity index (χ1) is 14.3. The van der Waals surface area contributed by atoms with Crippen LogP contribution in [0.1, 0.15) is 53.0 Å². The lowest BCUT2D eigenvalue weighted by molar-refractivity contribution is -0.122. The monoisotopic (exact) mass is 426 g/mol. The van der Waals surface area contributed by atoms with Crippen molar-refractivity contribution in [3.63, 3.8) is 0 Å². The number of amides is 1. The number of carbonyl (C=O) groups is 1. The van der Waals surface area contributed by atoms with E-state index in [0.717, 1.165) is 28.8 Å². The van der Waals surface area contributed by atoms with Crippen molar-refractivity contribution in [2.45, 2.75) is 59.0 Å². The Hall–Kier alpha value is -2.60. The number of hydrogen-bond acceptors (Lipinski definition) is 5. The average Bonchev–Trinajstić information content (AvgIpc) is 3.09. The summed E-state index contributed by atoms with van der Waals surface area (Å²) in [6.45, 7) is 11.1. The average molecular weight is 427 g/mol. The molecule has 2 aromatic carbocycles. The molecule has 30 heavy (non-hydrogen) atoms. The standard InChI is InChI=1S/C24H30N2O3S/c1-6-7-14-28-19-12-13-20-21(15-19)30-23(25-20)26-22(27)16(2)29-18-10-8-17(9-11-18)24(3,4)5/h8-13,15-16H,6-7,14H2,1-5H3,(H,25,26,27). The zero-order valence-corrected chi connectivity index (χ0v) is 19.1. The molecule has 1 unspecified atom stereocenters. The largest absolute Gasteiger partial charge is 0.494 e. The van der Waals surface area contributed by atoms with E-state index in [2.05, 4.69) is 38.0 Å². The topological polar surface area (TPSA) is 60.5 Å². The van der Waals surface area contributed by atoms with Gasteiger partial charge in [-0.25, -0.2) is 4.98 Å². The Morgan fingerprint density at radius 1 is 1.13 bits per heavy atom. The molecule has 0 bridgehead atoms. The smallest absolute Gasteiger partial charge is 0.266 e. The summed E-state index contributed by atoms with van der Waals surface area (Å²) in [6.07, 6.45) is 1.49. The van der Waals surface area contributed by atoms with Crippen molar-refractivity contribution in [3.05, 3.63) is 48.0 Å². The summed E-state index contributed by atoms with van der Waals surface area (Å²) in [5, 5.41) is 3.42. The van der Waals surface area contributed by atoms with E-state index in [0.29, 0.717) is 17.5 Å². The second-order valence-corrected chi connectivity index (χ2v) is 9.40. The Morgan fingerprint density at radius 2 is 1.83 bits per heavy atom. The molecule has 0 fully saturated rings. The van der Waals surface area contributed by atoms with Crippen LogP contribution in [0.2, 0.25) is 0 Å². The third-order valence-electron chi connectivity index (χ3n) is 4.76. The second kappa shape index (κ2) is 9.47. The minimum Gasteiger partial charge on any atom is -0.494 e. The van der Waals surface area contributed by atoms with Crippen LogP contribution in [0.5, 0.6) is 11.5 Å². The predicted octanol–water partition coefficient (Wildman–Crippen LogP) is 6.18. The maximum absolute atomic E-state index is 12.6. The van der Waals surface area contributed by atoms with Crippen molar-refractivity contribution < 1.29 is 14.3 Å². The van der Waals surface area contributed by atoms with Gasteiger partial charge in [0, 0.05) is 0 Å². The lowest BCUT2D eigenvalue weighted by atomic mass is 9.87. The van der Waals surface area contributed by atoms with E-state index in [1.807, 2.05) is 42.5 Å². The Kier molecular flexibility index (Phi) is 6.98. The van der Waals surface area contributed by atoms with Gasteiger partial charge in [-0.05, 0) is 54.7 Å². The molecule has 0 saturated carbocycles. The Bertz CT molecular complexity index is 990. The molecule has 160 valence electrons. The molecule has 0 aliphatic carbocycles. The first-order valence-electron chi connectivity index (χ1n) is 10.4. The normalized spacial score (nSPS) is 12.6. The molecule has 0 radical (unpaired) electrons.